The van der Waals surface area contributed by atoms with Crippen molar-refractivity contribution < 1.29 is 19.5 Å². The average molecular weight is 408 g/mol. The fraction of sp³-hybridized carbons (Fsp3) is 0.375. The SMILES string of the molecule is CCCCCC(=NOCC1=CCCc2c(OCC(=O)O)cccc21)c1cccnc1. The summed E-state index contributed by atoms with van der Waals surface area (Å²) in [7, 11) is 0. The van der Waals surface area contributed by atoms with Crippen molar-refractivity contribution in [2.45, 2.75) is 45.4 Å². The van der Waals surface area contributed by atoms with Crippen molar-refractivity contribution in [3.8, 4) is 5.75 Å². The summed E-state index contributed by atoms with van der Waals surface area (Å²) in [6.07, 6.45) is 11.6. The molecular formula is C24H28N2O4. The fourth-order valence-corrected chi connectivity index (χ4v) is 3.53. The van der Waals surface area contributed by atoms with Gasteiger partial charge in [0.25, 0.3) is 0 Å². The first-order valence-electron chi connectivity index (χ1n) is 10.4. The molecule has 1 aromatic heterocycles. The highest BCUT2D eigenvalue weighted by atomic mass is 16.6. The summed E-state index contributed by atoms with van der Waals surface area (Å²) in [5.41, 5.74) is 5.00. The maximum atomic E-state index is 10.8. The van der Waals surface area contributed by atoms with Crippen LogP contribution in [-0.4, -0.2) is 35.0 Å². The van der Waals surface area contributed by atoms with E-state index in [2.05, 4.69) is 23.1 Å². The van der Waals surface area contributed by atoms with Crippen molar-refractivity contribution in [2.75, 3.05) is 13.2 Å². The molecule has 6 heteroatoms. The maximum Gasteiger partial charge on any atom is 0.341 e. The van der Waals surface area contributed by atoms with E-state index in [1.165, 1.54) is 0 Å². The molecule has 1 heterocycles. The molecule has 1 aromatic carbocycles. The monoisotopic (exact) mass is 408 g/mol. The minimum atomic E-state index is -0.983. The molecule has 0 aliphatic heterocycles. The minimum Gasteiger partial charge on any atom is -0.482 e. The topological polar surface area (TPSA) is 81.0 Å². The van der Waals surface area contributed by atoms with Crippen molar-refractivity contribution in [3.05, 3.63) is 65.5 Å². The van der Waals surface area contributed by atoms with Gasteiger partial charge in [-0.05, 0) is 55.0 Å². The third-order valence-corrected chi connectivity index (χ3v) is 5.02. The quantitative estimate of drug-likeness (QED) is 0.326. The number of aromatic nitrogens is 1. The molecule has 6 nitrogen and oxygen atoms in total. The van der Waals surface area contributed by atoms with Gasteiger partial charge in [0.05, 0.1) is 5.71 Å². The molecule has 0 amide bonds. The van der Waals surface area contributed by atoms with Gasteiger partial charge in [0.1, 0.15) is 12.4 Å². The van der Waals surface area contributed by atoms with Gasteiger partial charge in [-0.1, -0.05) is 43.1 Å². The van der Waals surface area contributed by atoms with Gasteiger partial charge in [0, 0.05) is 23.5 Å². The normalized spacial score (nSPS) is 13.4. The lowest BCUT2D eigenvalue weighted by molar-refractivity contribution is -0.139. The van der Waals surface area contributed by atoms with E-state index in [1.54, 1.807) is 6.20 Å². The van der Waals surface area contributed by atoms with E-state index in [1.807, 2.05) is 36.5 Å². The molecule has 0 atom stereocenters. The second kappa shape index (κ2) is 11.1. The maximum absolute atomic E-state index is 10.8. The van der Waals surface area contributed by atoms with Crippen molar-refractivity contribution >= 4 is 17.3 Å². The number of carbonyl (C=O) groups is 1. The standard InChI is InChI=1S/C24H28N2O4/c1-2-3-4-12-22(18-9-7-14-25-15-18)26-30-16-19-8-5-11-21-20(19)10-6-13-23(21)29-17-24(27)28/h6-10,13-15H,2-5,11-12,16-17H2,1H3,(H,27,28). The molecule has 0 unspecified atom stereocenters. The minimum absolute atomic E-state index is 0.345. The Bertz CT molecular complexity index is 907. The van der Waals surface area contributed by atoms with E-state index in [4.69, 9.17) is 14.7 Å². The summed E-state index contributed by atoms with van der Waals surface area (Å²) in [4.78, 5) is 20.8. The number of hydrogen-bond acceptors (Lipinski definition) is 5. The van der Waals surface area contributed by atoms with Gasteiger partial charge in [-0.3, -0.25) is 4.98 Å². The first kappa shape index (κ1) is 21.6. The number of ether oxygens (including phenoxy) is 1. The largest absolute Gasteiger partial charge is 0.482 e. The number of benzene rings is 1. The molecule has 30 heavy (non-hydrogen) atoms. The zero-order valence-corrected chi connectivity index (χ0v) is 17.3. The van der Waals surface area contributed by atoms with Crippen LogP contribution in [0.4, 0.5) is 0 Å². The van der Waals surface area contributed by atoms with Gasteiger partial charge in [-0.2, -0.15) is 0 Å². The Kier molecular flexibility index (Phi) is 8.01. The van der Waals surface area contributed by atoms with Crippen molar-refractivity contribution in [1.29, 1.82) is 0 Å². The van der Waals surface area contributed by atoms with E-state index in [9.17, 15) is 4.79 Å². The number of carboxylic acids is 1. The highest BCUT2D eigenvalue weighted by Crippen LogP contribution is 2.33. The number of aliphatic carboxylic acids is 1. The van der Waals surface area contributed by atoms with E-state index < -0.39 is 5.97 Å². The van der Waals surface area contributed by atoms with Gasteiger partial charge in [-0.25, -0.2) is 4.79 Å². The lowest BCUT2D eigenvalue weighted by Gasteiger charge is -2.20. The number of hydrogen-bond donors (Lipinski definition) is 1. The second-order valence-electron chi connectivity index (χ2n) is 7.24. The smallest absolute Gasteiger partial charge is 0.341 e. The van der Waals surface area contributed by atoms with Gasteiger partial charge < -0.3 is 14.7 Å². The molecule has 158 valence electrons. The summed E-state index contributed by atoms with van der Waals surface area (Å²) in [5, 5.41) is 13.3. The lowest BCUT2D eigenvalue weighted by Crippen LogP contribution is -2.12. The number of pyridine rings is 1. The molecule has 2 aromatic rings. The van der Waals surface area contributed by atoms with Crippen LogP contribution in [0.5, 0.6) is 5.75 Å². The zero-order chi connectivity index (χ0) is 21.2. The third kappa shape index (κ3) is 5.92. The van der Waals surface area contributed by atoms with Gasteiger partial charge >= 0.3 is 5.97 Å². The molecule has 3 rings (SSSR count). The molecule has 1 aliphatic rings. The van der Waals surface area contributed by atoms with Crippen LogP contribution < -0.4 is 4.74 Å². The number of fused-ring (bicyclic) bond motifs is 1. The third-order valence-electron chi connectivity index (χ3n) is 5.02. The van der Waals surface area contributed by atoms with E-state index in [-0.39, 0.29) is 6.61 Å². The Morgan fingerprint density at radius 3 is 2.90 bits per heavy atom. The molecule has 0 radical (unpaired) electrons. The molecule has 0 fully saturated rings. The van der Waals surface area contributed by atoms with E-state index in [0.717, 1.165) is 66.5 Å². The Morgan fingerprint density at radius 1 is 1.23 bits per heavy atom. The van der Waals surface area contributed by atoms with Crippen LogP contribution in [0.1, 0.15) is 55.7 Å². The van der Waals surface area contributed by atoms with Crippen LogP contribution in [0.2, 0.25) is 0 Å². The van der Waals surface area contributed by atoms with Crippen LogP contribution >= 0.6 is 0 Å². The Labute approximate surface area is 177 Å². The van der Waals surface area contributed by atoms with Crippen LogP contribution in [0, 0.1) is 0 Å². The van der Waals surface area contributed by atoms with Gasteiger partial charge in [-0.15, -0.1) is 0 Å². The Balaban J connectivity index is 1.71. The average Bonchev–Trinajstić information content (AvgIpc) is 2.77. The number of carboxylic acid groups (broad SMARTS) is 1. The van der Waals surface area contributed by atoms with Crippen molar-refractivity contribution in [3.63, 3.8) is 0 Å². The Morgan fingerprint density at radius 2 is 2.13 bits per heavy atom. The van der Waals surface area contributed by atoms with E-state index >= 15 is 0 Å². The summed E-state index contributed by atoms with van der Waals surface area (Å²) in [5.74, 6) is -0.359. The molecule has 1 aliphatic carbocycles. The molecular weight excluding hydrogens is 380 g/mol. The van der Waals surface area contributed by atoms with Crippen LogP contribution in [0.25, 0.3) is 5.57 Å². The predicted octanol–water partition coefficient (Wildman–Crippen LogP) is 4.88. The molecule has 1 N–H and O–H groups in total. The van der Waals surface area contributed by atoms with Gasteiger partial charge in [0.15, 0.2) is 6.61 Å². The first-order chi connectivity index (χ1) is 14.7. The number of allylic oxidation sites excluding steroid dienone is 1. The number of rotatable bonds is 11. The van der Waals surface area contributed by atoms with Crippen molar-refractivity contribution in [2.24, 2.45) is 5.16 Å². The molecule has 0 saturated heterocycles. The van der Waals surface area contributed by atoms with Crippen LogP contribution in [0.3, 0.4) is 0 Å². The number of nitrogens with zero attached hydrogens (tertiary/aromatic N) is 2. The Hall–Kier alpha value is -3.15. The fourth-order valence-electron chi connectivity index (χ4n) is 3.53. The summed E-state index contributed by atoms with van der Waals surface area (Å²) in [6.45, 7) is 2.19. The summed E-state index contributed by atoms with van der Waals surface area (Å²) >= 11 is 0. The van der Waals surface area contributed by atoms with Crippen LogP contribution in [0.15, 0.2) is 54.0 Å². The molecule has 0 saturated carbocycles. The predicted molar refractivity (Wildman–Crippen MR) is 117 cm³/mol. The van der Waals surface area contributed by atoms with Gasteiger partial charge in [0.2, 0.25) is 0 Å². The molecule has 0 spiro atoms. The first-order valence-corrected chi connectivity index (χ1v) is 10.4. The molecule has 0 bridgehead atoms. The van der Waals surface area contributed by atoms with Crippen molar-refractivity contribution in [1.82, 2.24) is 4.98 Å². The van der Waals surface area contributed by atoms with E-state index in [0.29, 0.717) is 12.4 Å². The number of unbranched alkanes of at least 4 members (excludes halogenated alkanes) is 2. The second-order valence-corrected chi connectivity index (χ2v) is 7.24. The van der Waals surface area contributed by atoms with Crippen LogP contribution in [-0.2, 0) is 16.1 Å². The summed E-state index contributed by atoms with van der Waals surface area (Å²) < 4.78 is 5.47. The zero-order valence-electron chi connectivity index (χ0n) is 17.3. The highest BCUT2D eigenvalue weighted by Gasteiger charge is 2.18. The highest BCUT2D eigenvalue weighted by molar-refractivity contribution is 5.99. The lowest BCUT2D eigenvalue weighted by atomic mass is 9.90. The summed E-state index contributed by atoms with van der Waals surface area (Å²) in [6, 6.07) is 9.62. The number of oxime groups is 1.